The van der Waals surface area contributed by atoms with Crippen LogP contribution in [-0.2, 0) is 21.1 Å². The summed E-state index contributed by atoms with van der Waals surface area (Å²) in [5.74, 6) is 0.514. The Morgan fingerprint density at radius 1 is 0.703 bits per heavy atom. The van der Waals surface area contributed by atoms with E-state index in [1.165, 1.54) is 0 Å². The molecule has 1 N–H and O–H groups in total. The molecule has 7 rings (SSSR count). The van der Waals surface area contributed by atoms with E-state index in [0.717, 1.165) is 49.4 Å². The zero-order chi connectivity index (χ0) is 24.1. The van der Waals surface area contributed by atoms with Crippen LogP contribution in [0.25, 0.3) is 66.5 Å². The molecule has 180 valence electrons. The molecule has 2 heterocycles. The number of benzene rings is 5. The minimum absolute atomic E-state index is 0. The van der Waals surface area contributed by atoms with Crippen molar-refractivity contribution in [2.24, 2.45) is 0 Å². The van der Waals surface area contributed by atoms with E-state index in [9.17, 15) is 5.11 Å². The predicted molar refractivity (Wildman–Crippen MR) is 144 cm³/mol. The summed E-state index contributed by atoms with van der Waals surface area (Å²) in [6.07, 6.45) is 1.91. The Morgan fingerprint density at radius 3 is 2.30 bits per heavy atom. The van der Waals surface area contributed by atoms with Gasteiger partial charge in [-0.15, -0.1) is 17.7 Å². The van der Waals surface area contributed by atoms with Crippen LogP contribution in [0.15, 0.2) is 114 Å². The number of hydrogen-bond donors (Lipinski definition) is 1. The van der Waals surface area contributed by atoms with Crippen molar-refractivity contribution in [2.75, 3.05) is 0 Å². The van der Waals surface area contributed by atoms with Gasteiger partial charge in [0.05, 0.1) is 11.1 Å². The van der Waals surface area contributed by atoms with Gasteiger partial charge in [-0.3, -0.25) is 4.98 Å². The van der Waals surface area contributed by atoms with E-state index >= 15 is 0 Å². The summed E-state index contributed by atoms with van der Waals surface area (Å²) >= 11 is 0. The van der Waals surface area contributed by atoms with Gasteiger partial charge >= 0.3 is 0 Å². The van der Waals surface area contributed by atoms with Crippen molar-refractivity contribution in [2.45, 2.75) is 0 Å². The fraction of sp³-hybridized carbons (Fsp3) is 0. The Labute approximate surface area is 227 Å². The van der Waals surface area contributed by atoms with E-state index < -0.39 is 0 Å². The average molecular weight is 659 g/mol. The molecule has 0 amide bonds. The number of fused-ring (bicyclic) bond motifs is 3. The molecule has 0 bridgehead atoms. The smallest absolute Gasteiger partial charge is 0.230 e. The van der Waals surface area contributed by atoms with Gasteiger partial charge in [0.25, 0.3) is 0 Å². The van der Waals surface area contributed by atoms with Crippen LogP contribution < -0.4 is 0 Å². The molecule has 0 spiro atoms. The molecule has 0 aliphatic rings. The fourth-order valence-electron chi connectivity index (χ4n) is 4.75. The second-order valence-corrected chi connectivity index (χ2v) is 8.75. The van der Waals surface area contributed by atoms with Crippen LogP contribution >= 0.6 is 0 Å². The SMILES string of the molecule is Oc1ccccc1-c1nc2c(-c3[c-]c(-c4cc5ccccc5cn4)c4ccccc4c3)cccc2o1.[Pt]. The van der Waals surface area contributed by atoms with Crippen LogP contribution in [0.2, 0.25) is 0 Å². The minimum Gasteiger partial charge on any atom is -0.507 e. The van der Waals surface area contributed by atoms with Crippen LogP contribution in [0.4, 0.5) is 0 Å². The standard InChI is InChI=1S/C32H19N2O2.Pt/c35-29-14-6-5-12-26(29)32-34-31-25(13-7-15-30(31)36-32)23-16-21-9-3-4-11-24(21)27(17-23)28-18-20-8-1-2-10-22(20)19-33-28;/h1-16,18-19,35H;/q-1;. The minimum atomic E-state index is 0. The topological polar surface area (TPSA) is 59.2 Å². The molecule has 2 aromatic heterocycles. The summed E-state index contributed by atoms with van der Waals surface area (Å²) in [7, 11) is 0. The third kappa shape index (κ3) is 4.00. The second kappa shape index (κ2) is 9.31. The maximum absolute atomic E-state index is 10.3. The van der Waals surface area contributed by atoms with Crippen molar-refractivity contribution in [1.29, 1.82) is 0 Å². The van der Waals surface area contributed by atoms with Crippen molar-refractivity contribution >= 4 is 32.6 Å². The van der Waals surface area contributed by atoms with Crippen LogP contribution in [0.5, 0.6) is 5.75 Å². The number of oxazole rings is 1. The van der Waals surface area contributed by atoms with Gasteiger partial charge in [0.15, 0.2) is 0 Å². The van der Waals surface area contributed by atoms with E-state index in [0.29, 0.717) is 17.0 Å². The molecule has 37 heavy (non-hydrogen) atoms. The van der Waals surface area contributed by atoms with Crippen LogP contribution in [0.3, 0.4) is 0 Å². The van der Waals surface area contributed by atoms with E-state index in [-0.39, 0.29) is 26.8 Å². The number of rotatable bonds is 3. The zero-order valence-electron chi connectivity index (χ0n) is 19.5. The van der Waals surface area contributed by atoms with Gasteiger partial charge in [-0.2, -0.15) is 0 Å². The Morgan fingerprint density at radius 2 is 1.43 bits per heavy atom. The largest absolute Gasteiger partial charge is 0.507 e. The maximum Gasteiger partial charge on any atom is 0.230 e. The Hall–Kier alpha value is -4.27. The average Bonchev–Trinajstić information content (AvgIpc) is 3.37. The molecule has 4 nitrogen and oxygen atoms in total. The van der Waals surface area contributed by atoms with E-state index in [1.807, 2.05) is 54.7 Å². The van der Waals surface area contributed by atoms with Crippen molar-refractivity contribution in [3.05, 3.63) is 115 Å². The molecule has 0 saturated carbocycles. The van der Waals surface area contributed by atoms with Crippen LogP contribution in [-0.4, -0.2) is 15.1 Å². The summed E-state index contributed by atoms with van der Waals surface area (Å²) in [4.78, 5) is 9.57. The molecule has 7 aromatic rings. The van der Waals surface area contributed by atoms with Crippen molar-refractivity contribution in [3.63, 3.8) is 0 Å². The molecule has 0 aliphatic carbocycles. The molecule has 0 unspecified atom stereocenters. The number of aromatic nitrogens is 2. The second-order valence-electron chi connectivity index (χ2n) is 8.75. The Bertz CT molecular complexity index is 1930. The van der Waals surface area contributed by atoms with E-state index in [2.05, 4.69) is 42.5 Å². The summed E-state index contributed by atoms with van der Waals surface area (Å²) in [5.41, 5.74) is 5.55. The first kappa shape index (κ1) is 23.1. The van der Waals surface area contributed by atoms with Crippen molar-refractivity contribution in [1.82, 2.24) is 9.97 Å². The quantitative estimate of drug-likeness (QED) is 0.195. The molecule has 0 radical (unpaired) electrons. The number of aromatic hydroxyl groups is 1. The summed E-state index contributed by atoms with van der Waals surface area (Å²) in [6.45, 7) is 0. The summed E-state index contributed by atoms with van der Waals surface area (Å²) in [5, 5.41) is 14.7. The van der Waals surface area contributed by atoms with Gasteiger partial charge in [0.2, 0.25) is 5.89 Å². The number of phenols is 1. The van der Waals surface area contributed by atoms with Crippen molar-refractivity contribution < 1.29 is 30.6 Å². The van der Waals surface area contributed by atoms with Crippen LogP contribution in [0, 0.1) is 6.07 Å². The molecule has 5 aromatic carbocycles. The molecular formula is C32H19N2O2Pt-. The van der Waals surface area contributed by atoms with Gasteiger partial charge in [-0.05, 0) is 29.0 Å². The maximum atomic E-state index is 10.3. The first-order valence-electron chi connectivity index (χ1n) is 11.7. The normalized spacial score (nSPS) is 11.1. The third-order valence-corrected chi connectivity index (χ3v) is 6.52. The van der Waals surface area contributed by atoms with Gasteiger partial charge in [-0.25, -0.2) is 4.98 Å². The number of para-hydroxylation sites is 2. The monoisotopic (exact) mass is 658 g/mol. The molecule has 5 heteroatoms. The number of phenolic OH excluding ortho intramolecular Hbond substituents is 1. The van der Waals surface area contributed by atoms with Gasteiger partial charge in [-0.1, -0.05) is 101 Å². The van der Waals surface area contributed by atoms with Gasteiger partial charge in [0, 0.05) is 33.0 Å². The number of nitrogens with zero attached hydrogens (tertiary/aromatic N) is 2. The first-order chi connectivity index (χ1) is 17.7. The Balaban J connectivity index is 0.00000252. The predicted octanol–water partition coefficient (Wildman–Crippen LogP) is 8.03. The van der Waals surface area contributed by atoms with Crippen LogP contribution in [0.1, 0.15) is 0 Å². The fourth-order valence-corrected chi connectivity index (χ4v) is 4.75. The zero-order valence-corrected chi connectivity index (χ0v) is 21.7. The van der Waals surface area contributed by atoms with Gasteiger partial charge in [0.1, 0.15) is 11.3 Å². The van der Waals surface area contributed by atoms with Gasteiger partial charge < -0.3 is 9.52 Å². The number of hydrogen-bond acceptors (Lipinski definition) is 4. The molecule has 0 aliphatic heterocycles. The van der Waals surface area contributed by atoms with Crippen molar-refractivity contribution in [3.8, 4) is 39.6 Å². The van der Waals surface area contributed by atoms with E-state index in [4.69, 9.17) is 14.4 Å². The third-order valence-electron chi connectivity index (χ3n) is 6.52. The van der Waals surface area contributed by atoms with E-state index in [1.54, 1.807) is 18.2 Å². The molecule has 0 saturated heterocycles. The first-order valence-corrected chi connectivity index (χ1v) is 11.7. The Kier molecular flexibility index (Phi) is 5.82. The molecule has 0 atom stereocenters. The molecular weight excluding hydrogens is 639 g/mol. The summed E-state index contributed by atoms with van der Waals surface area (Å²) in [6, 6.07) is 37.3. The number of pyridine rings is 1. The molecule has 0 fully saturated rings. The summed E-state index contributed by atoms with van der Waals surface area (Å²) < 4.78 is 6.05.